The van der Waals surface area contributed by atoms with Crippen LogP contribution in [0.5, 0.6) is 0 Å². The first-order chi connectivity index (χ1) is 11.2. The highest BCUT2D eigenvalue weighted by molar-refractivity contribution is 8.00. The fraction of sp³-hybridized carbons (Fsp3) is 0.333. The predicted molar refractivity (Wildman–Crippen MR) is 91.1 cm³/mol. The lowest BCUT2D eigenvalue weighted by atomic mass is 9.91. The van der Waals surface area contributed by atoms with Crippen LogP contribution < -0.4 is 4.90 Å². The maximum atomic E-state index is 6.11. The Morgan fingerprint density at radius 2 is 1.65 bits per heavy atom. The number of ether oxygens (including phenoxy) is 1. The number of rotatable bonds is 3. The zero-order valence-corrected chi connectivity index (χ0v) is 14.0. The molecule has 2 fully saturated rings. The SMILES string of the molecule is CN(C)c1ccc(C23OOC2(c2ccccc2)OCCS3)cc1. The lowest BCUT2D eigenvalue weighted by Crippen LogP contribution is -2.64. The average molecular weight is 329 g/mol. The summed E-state index contributed by atoms with van der Waals surface area (Å²) >= 11 is 1.74. The fourth-order valence-corrected chi connectivity index (χ4v) is 4.32. The molecule has 0 aliphatic carbocycles. The minimum Gasteiger partial charge on any atom is -0.378 e. The maximum absolute atomic E-state index is 6.11. The molecule has 5 heteroatoms. The van der Waals surface area contributed by atoms with Gasteiger partial charge in [0.2, 0.25) is 4.93 Å². The van der Waals surface area contributed by atoms with E-state index in [0.29, 0.717) is 6.61 Å². The van der Waals surface area contributed by atoms with Gasteiger partial charge in [-0.2, -0.15) is 4.89 Å². The van der Waals surface area contributed by atoms with E-state index in [0.717, 1.165) is 22.6 Å². The van der Waals surface area contributed by atoms with E-state index in [1.165, 1.54) is 0 Å². The third-order valence-electron chi connectivity index (χ3n) is 4.32. The first-order valence-electron chi connectivity index (χ1n) is 7.66. The first kappa shape index (κ1) is 15.0. The second-order valence-corrected chi connectivity index (χ2v) is 7.18. The van der Waals surface area contributed by atoms with Crippen LogP contribution in [0.2, 0.25) is 0 Å². The normalized spacial score (nSPS) is 29.5. The van der Waals surface area contributed by atoms with E-state index < -0.39 is 10.7 Å². The molecule has 0 bridgehead atoms. The van der Waals surface area contributed by atoms with E-state index in [1.807, 2.05) is 44.4 Å². The van der Waals surface area contributed by atoms with E-state index in [4.69, 9.17) is 14.5 Å². The van der Waals surface area contributed by atoms with Gasteiger partial charge in [0, 0.05) is 36.7 Å². The average Bonchev–Trinajstić information content (AvgIpc) is 2.57. The molecule has 4 rings (SSSR count). The van der Waals surface area contributed by atoms with Crippen molar-refractivity contribution < 1.29 is 14.5 Å². The molecule has 0 spiro atoms. The number of nitrogens with zero attached hydrogens (tertiary/aromatic N) is 1. The lowest BCUT2D eigenvalue weighted by Gasteiger charge is -2.57. The van der Waals surface area contributed by atoms with Crippen LogP contribution in [-0.4, -0.2) is 26.5 Å². The summed E-state index contributed by atoms with van der Waals surface area (Å²) in [6, 6.07) is 18.4. The highest BCUT2D eigenvalue weighted by atomic mass is 32.2. The first-order valence-corrected chi connectivity index (χ1v) is 8.65. The van der Waals surface area contributed by atoms with Crippen molar-refractivity contribution in [1.82, 2.24) is 0 Å². The molecular formula is C18H19NO3S. The number of thioether (sulfide) groups is 1. The van der Waals surface area contributed by atoms with Gasteiger partial charge in [-0.25, -0.2) is 4.89 Å². The van der Waals surface area contributed by atoms with Crippen LogP contribution in [0, 0.1) is 0 Å². The van der Waals surface area contributed by atoms with E-state index in [9.17, 15) is 0 Å². The van der Waals surface area contributed by atoms with E-state index in [2.05, 4.69) is 29.2 Å². The molecular weight excluding hydrogens is 310 g/mol. The standard InChI is InChI=1S/C18H19NO3S/c1-19(2)16-10-8-15(9-11-16)18-17(21-22-18,20-12-13-23-18)14-6-4-3-5-7-14/h3-11H,12-13H2,1-2H3. The zero-order valence-electron chi connectivity index (χ0n) is 13.2. The van der Waals surface area contributed by atoms with Crippen molar-refractivity contribution in [3.8, 4) is 0 Å². The van der Waals surface area contributed by atoms with Gasteiger partial charge in [-0.15, -0.1) is 11.8 Å². The molecule has 0 N–H and O–H groups in total. The van der Waals surface area contributed by atoms with Crippen molar-refractivity contribution >= 4 is 17.4 Å². The van der Waals surface area contributed by atoms with Crippen LogP contribution in [-0.2, 0) is 25.2 Å². The summed E-state index contributed by atoms with van der Waals surface area (Å²) < 4.78 is 6.11. The molecule has 23 heavy (non-hydrogen) atoms. The Morgan fingerprint density at radius 1 is 0.913 bits per heavy atom. The van der Waals surface area contributed by atoms with Crippen LogP contribution in [0.3, 0.4) is 0 Å². The summed E-state index contributed by atoms with van der Waals surface area (Å²) in [6.07, 6.45) is 0. The molecule has 2 atom stereocenters. The molecule has 2 heterocycles. The van der Waals surface area contributed by atoms with Gasteiger partial charge >= 0.3 is 0 Å². The minimum absolute atomic E-state index is 0.639. The Balaban J connectivity index is 1.78. The van der Waals surface area contributed by atoms with Crippen molar-refractivity contribution in [2.45, 2.75) is 10.7 Å². The maximum Gasteiger partial charge on any atom is 0.274 e. The van der Waals surface area contributed by atoms with Gasteiger partial charge in [-0.1, -0.05) is 42.5 Å². The van der Waals surface area contributed by atoms with Crippen molar-refractivity contribution in [2.75, 3.05) is 31.4 Å². The van der Waals surface area contributed by atoms with E-state index in [-0.39, 0.29) is 0 Å². The highest BCUT2D eigenvalue weighted by Crippen LogP contribution is 2.63. The van der Waals surface area contributed by atoms with Crippen molar-refractivity contribution in [2.24, 2.45) is 0 Å². The number of benzene rings is 2. The summed E-state index contributed by atoms with van der Waals surface area (Å²) in [5.41, 5.74) is 3.19. The molecule has 4 nitrogen and oxygen atoms in total. The Morgan fingerprint density at radius 3 is 2.26 bits per heavy atom. The van der Waals surface area contributed by atoms with Gasteiger partial charge < -0.3 is 9.64 Å². The molecule has 2 saturated heterocycles. The summed E-state index contributed by atoms with van der Waals surface area (Å²) in [7, 11) is 4.06. The second-order valence-electron chi connectivity index (χ2n) is 5.90. The van der Waals surface area contributed by atoms with Crippen molar-refractivity contribution in [1.29, 1.82) is 0 Å². The molecule has 0 amide bonds. The predicted octanol–water partition coefficient (Wildman–Crippen LogP) is 3.48. The second kappa shape index (κ2) is 5.53. The molecule has 0 aromatic heterocycles. The van der Waals surface area contributed by atoms with Gasteiger partial charge in [0.25, 0.3) is 5.79 Å². The number of anilines is 1. The Bertz CT molecular complexity index is 691. The number of hydrogen-bond acceptors (Lipinski definition) is 5. The van der Waals surface area contributed by atoms with E-state index in [1.54, 1.807) is 11.8 Å². The lowest BCUT2D eigenvalue weighted by molar-refractivity contribution is -0.605. The molecule has 2 aliphatic rings. The largest absolute Gasteiger partial charge is 0.378 e. The van der Waals surface area contributed by atoms with Gasteiger partial charge in [-0.3, -0.25) is 0 Å². The molecule has 0 saturated carbocycles. The van der Waals surface area contributed by atoms with Crippen LogP contribution in [0.15, 0.2) is 54.6 Å². The summed E-state index contributed by atoms with van der Waals surface area (Å²) in [5, 5.41) is 0. The minimum atomic E-state index is -0.878. The van der Waals surface area contributed by atoms with Crippen molar-refractivity contribution in [3.05, 3.63) is 65.7 Å². The summed E-state index contributed by atoms with van der Waals surface area (Å²) in [4.78, 5) is 12.7. The van der Waals surface area contributed by atoms with Gasteiger partial charge in [-0.05, 0) is 12.1 Å². The van der Waals surface area contributed by atoms with Crippen LogP contribution >= 0.6 is 11.8 Å². The van der Waals surface area contributed by atoms with Gasteiger partial charge in [0.05, 0.1) is 6.61 Å². The smallest absolute Gasteiger partial charge is 0.274 e. The Kier molecular flexibility index (Phi) is 3.61. The molecule has 2 unspecified atom stereocenters. The van der Waals surface area contributed by atoms with E-state index >= 15 is 0 Å². The Labute approximate surface area is 140 Å². The molecule has 2 aromatic rings. The highest BCUT2D eigenvalue weighted by Gasteiger charge is 2.70. The topological polar surface area (TPSA) is 30.9 Å². The third-order valence-corrected chi connectivity index (χ3v) is 5.67. The quantitative estimate of drug-likeness (QED) is 0.805. The van der Waals surface area contributed by atoms with Crippen LogP contribution in [0.4, 0.5) is 5.69 Å². The fourth-order valence-electron chi connectivity index (χ4n) is 3.08. The molecule has 0 radical (unpaired) electrons. The number of fused-ring (bicyclic) bond motifs is 1. The van der Waals surface area contributed by atoms with Gasteiger partial charge in [0.15, 0.2) is 0 Å². The molecule has 2 aromatic carbocycles. The monoisotopic (exact) mass is 329 g/mol. The Hall–Kier alpha value is -1.53. The van der Waals surface area contributed by atoms with Crippen LogP contribution in [0.25, 0.3) is 0 Å². The molecule has 2 aliphatic heterocycles. The summed E-state index contributed by atoms with van der Waals surface area (Å²) in [5.74, 6) is -0.00974. The van der Waals surface area contributed by atoms with Gasteiger partial charge in [0.1, 0.15) is 0 Å². The zero-order chi connectivity index (χ0) is 15.9. The third kappa shape index (κ3) is 2.11. The van der Waals surface area contributed by atoms with Crippen LogP contribution in [0.1, 0.15) is 11.1 Å². The van der Waals surface area contributed by atoms with Crippen molar-refractivity contribution in [3.63, 3.8) is 0 Å². The molecule has 120 valence electrons. The number of hydrogen-bond donors (Lipinski definition) is 0. The summed E-state index contributed by atoms with van der Waals surface area (Å²) in [6.45, 7) is 0.639.